The van der Waals surface area contributed by atoms with Crippen molar-refractivity contribution in [2.45, 2.75) is 6.42 Å². The number of nitrogens with one attached hydrogen (secondary N) is 1. The molecule has 0 spiro atoms. The highest BCUT2D eigenvalue weighted by Gasteiger charge is 2.03. The lowest BCUT2D eigenvalue weighted by molar-refractivity contribution is 0.218. The van der Waals surface area contributed by atoms with E-state index in [1.807, 2.05) is 78.9 Å². The summed E-state index contributed by atoms with van der Waals surface area (Å²) >= 11 is 5.92. The van der Waals surface area contributed by atoms with Gasteiger partial charge in [0.25, 0.3) is 0 Å². The molecule has 4 heteroatoms. The fourth-order valence-corrected chi connectivity index (χ4v) is 2.68. The Morgan fingerprint density at radius 3 is 2.23 bits per heavy atom. The molecule has 134 valence electrons. The maximum absolute atomic E-state index is 5.92. The fourth-order valence-electron chi connectivity index (χ4n) is 2.56. The van der Waals surface area contributed by atoms with Gasteiger partial charge in [0.2, 0.25) is 0 Å². The van der Waals surface area contributed by atoms with Crippen LogP contribution in [-0.2, 0) is 6.42 Å². The van der Waals surface area contributed by atoms with Gasteiger partial charge in [0.05, 0.1) is 5.69 Å². The van der Waals surface area contributed by atoms with Crippen molar-refractivity contribution >= 4 is 17.3 Å². The Labute approximate surface area is 159 Å². The summed E-state index contributed by atoms with van der Waals surface area (Å²) in [6.45, 7) is 1.82. The lowest BCUT2D eigenvalue weighted by Crippen LogP contribution is -2.11. The summed E-state index contributed by atoms with van der Waals surface area (Å²) < 4.78 is 11.5. The van der Waals surface area contributed by atoms with Gasteiger partial charge in [-0.05, 0) is 48.4 Å². The zero-order valence-corrected chi connectivity index (χ0v) is 15.3. The van der Waals surface area contributed by atoms with E-state index in [1.165, 1.54) is 5.56 Å². The average molecular weight is 368 g/mol. The van der Waals surface area contributed by atoms with E-state index in [4.69, 9.17) is 21.1 Å². The minimum atomic E-state index is 0.491. The first kappa shape index (κ1) is 18.2. The molecule has 0 amide bonds. The Kier molecular flexibility index (Phi) is 6.80. The van der Waals surface area contributed by atoms with Gasteiger partial charge in [0.1, 0.15) is 24.7 Å². The molecule has 0 atom stereocenters. The van der Waals surface area contributed by atoms with Gasteiger partial charge in [0.15, 0.2) is 0 Å². The second kappa shape index (κ2) is 9.73. The molecule has 0 bridgehead atoms. The highest BCUT2D eigenvalue weighted by molar-refractivity contribution is 6.30. The molecule has 0 unspecified atom stereocenters. The molecule has 0 aliphatic heterocycles. The molecule has 1 N–H and O–H groups in total. The van der Waals surface area contributed by atoms with Crippen molar-refractivity contribution in [1.82, 2.24) is 0 Å². The van der Waals surface area contributed by atoms with Gasteiger partial charge in [-0.1, -0.05) is 54.1 Å². The van der Waals surface area contributed by atoms with E-state index in [0.29, 0.717) is 13.2 Å². The minimum absolute atomic E-state index is 0.491. The van der Waals surface area contributed by atoms with Crippen molar-refractivity contribution in [3.63, 3.8) is 0 Å². The summed E-state index contributed by atoms with van der Waals surface area (Å²) in [6, 6.07) is 25.6. The van der Waals surface area contributed by atoms with E-state index < -0.39 is 0 Å². The van der Waals surface area contributed by atoms with Gasteiger partial charge in [-0.3, -0.25) is 0 Å². The second-order valence-electron chi connectivity index (χ2n) is 5.81. The number of hydrogen-bond acceptors (Lipinski definition) is 3. The first-order valence-corrected chi connectivity index (χ1v) is 9.07. The predicted octanol–water partition coefficient (Wildman–Crippen LogP) is 5.45. The molecular weight excluding hydrogens is 346 g/mol. The fraction of sp³-hybridized carbons (Fsp3) is 0.182. The third-order valence-electron chi connectivity index (χ3n) is 3.88. The molecule has 0 saturated carbocycles. The van der Waals surface area contributed by atoms with E-state index in [9.17, 15) is 0 Å². The van der Waals surface area contributed by atoms with Gasteiger partial charge in [-0.25, -0.2) is 0 Å². The number of halogens is 1. The molecule has 3 aromatic carbocycles. The Bertz CT molecular complexity index is 791. The van der Waals surface area contributed by atoms with Crippen molar-refractivity contribution in [3.8, 4) is 11.5 Å². The van der Waals surface area contributed by atoms with Gasteiger partial charge < -0.3 is 14.8 Å². The molecular formula is C22H22ClNO2. The molecule has 0 aliphatic carbocycles. The normalized spacial score (nSPS) is 10.3. The molecule has 0 aliphatic rings. The van der Waals surface area contributed by atoms with E-state index in [0.717, 1.165) is 35.2 Å². The van der Waals surface area contributed by atoms with E-state index in [-0.39, 0.29) is 0 Å². The van der Waals surface area contributed by atoms with E-state index in [1.54, 1.807) is 0 Å². The number of hydrogen-bond donors (Lipinski definition) is 1. The van der Waals surface area contributed by atoms with Crippen LogP contribution in [0.3, 0.4) is 0 Å². The molecule has 26 heavy (non-hydrogen) atoms. The molecule has 0 heterocycles. The number of para-hydroxylation sites is 3. The van der Waals surface area contributed by atoms with Crippen LogP contribution in [0, 0.1) is 0 Å². The van der Waals surface area contributed by atoms with Gasteiger partial charge in [0, 0.05) is 11.6 Å². The molecule has 0 radical (unpaired) electrons. The average Bonchev–Trinajstić information content (AvgIpc) is 2.69. The summed E-state index contributed by atoms with van der Waals surface area (Å²) in [6.07, 6.45) is 0.919. The Morgan fingerprint density at radius 2 is 1.42 bits per heavy atom. The molecule has 3 aromatic rings. The summed E-state index contributed by atoms with van der Waals surface area (Å²) in [5.74, 6) is 1.69. The van der Waals surface area contributed by atoms with Crippen molar-refractivity contribution < 1.29 is 9.47 Å². The van der Waals surface area contributed by atoms with Crippen molar-refractivity contribution in [2.75, 3.05) is 25.1 Å². The van der Waals surface area contributed by atoms with Crippen LogP contribution < -0.4 is 14.8 Å². The summed E-state index contributed by atoms with van der Waals surface area (Å²) in [5.41, 5.74) is 2.23. The minimum Gasteiger partial charge on any atom is -0.490 e. The first-order valence-electron chi connectivity index (χ1n) is 8.69. The zero-order chi connectivity index (χ0) is 18.0. The maximum atomic E-state index is 5.92. The second-order valence-corrected chi connectivity index (χ2v) is 6.25. The summed E-state index contributed by atoms with van der Waals surface area (Å²) in [5, 5.41) is 4.20. The van der Waals surface area contributed by atoms with Gasteiger partial charge >= 0.3 is 0 Å². The van der Waals surface area contributed by atoms with Crippen LogP contribution in [0.4, 0.5) is 5.69 Å². The Balaban J connectivity index is 1.45. The van der Waals surface area contributed by atoms with Crippen LogP contribution in [0.2, 0.25) is 5.02 Å². The number of ether oxygens (including phenoxy) is 2. The number of anilines is 1. The quantitative estimate of drug-likeness (QED) is 0.510. The molecule has 0 saturated heterocycles. The topological polar surface area (TPSA) is 30.5 Å². The van der Waals surface area contributed by atoms with Gasteiger partial charge in [-0.15, -0.1) is 0 Å². The van der Waals surface area contributed by atoms with E-state index >= 15 is 0 Å². The zero-order valence-electron chi connectivity index (χ0n) is 14.5. The highest BCUT2D eigenvalue weighted by Crippen LogP contribution is 2.23. The van der Waals surface area contributed by atoms with Crippen LogP contribution in [0.1, 0.15) is 5.56 Å². The van der Waals surface area contributed by atoms with Crippen LogP contribution in [0.15, 0.2) is 78.9 Å². The standard InChI is InChI=1S/C22H22ClNO2/c23-19-12-10-18(11-13-19)14-15-24-21-8-4-5-9-22(21)26-17-16-25-20-6-2-1-3-7-20/h1-13,24H,14-17H2. The monoisotopic (exact) mass is 367 g/mol. The SMILES string of the molecule is Clc1ccc(CCNc2ccccc2OCCOc2ccccc2)cc1. The largest absolute Gasteiger partial charge is 0.490 e. The molecule has 0 aromatic heterocycles. The highest BCUT2D eigenvalue weighted by atomic mass is 35.5. The maximum Gasteiger partial charge on any atom is 0.142 e. The summed E-state index contributed by atoms with van der Waals surface area (Å²) in [7, 11) is 0. The molecule has 3 nitrogen and oxygen atoms in total. The first-order chi connectivity index (χ1) is 12.8. The lowest BCUT2D eigenvalue weighted by atomic mass is 10.1. The van der Waals surface area contributed by atoms with E-state index in [2.05, 4.69) is 5.32 Å². The Morgan fingerprint density at radius 1 is 0.731 bits per heavy atom. The number of benzene rings is 3. The third-order valence-corrected chi connectivity index (χ3v) is 4.13. The van der Waals surface area contributed by atoms with Gasteiger partial charge in [-0.2, -0.15) is 0 Å². The van der Waals surface area contributed by atoms with Crippen molar-refractivity contribution in [2.24, 2.45) is 0 Å². The molecule has 3 rings (SSSR count). The van der Waals surface area contributed by atoms with Crippen LogP contribution in [0.25, 0.3) is 0 Å². The smallest absolute Gasteiger partial charge is 0.142 e. The van der Waals surface area contributed by atoms with Crippen molar-refractivity contribution in [1.29, 1.82) is 0 Å². The van der Waals surface area contributed by atoms with Crippen molar-refractivity contribution in [3.05, 3.63) is 89.4 Å². The summed E-state index contributed by atoms with van der Waals surface area (Å²) in [4.78, 5) is 0. The van der Waals surface area contributed by atoms with Crippen LogP contribution >= 0.6 is 11.6 Å². The number of rotatable bonds is 9. The third kappa shape index (κ3) is 5.71. The van der Waals surface area contributed by atoms with Crippen LogP contribution in [-0.4, -0.2) is 19.8 Å². The predicted molar refractivity (Wildman–Crippen MR) is 108 cm³/mol. The lowest BCUT2D eigenvalue weighted by Gasteiger charge is -2.14. The molecule has 0 fully saturated rings. The Hall–Kier alpha value is -2.65. The van der Waals surface area contributed by atoms with Crippen LogP contribution in [0.5, 0.6) is 11.5 Å².